The number of hydrogen-bond donors (Lipinski definition) is 3. The molecule has 2 aromatic carbocycles. The van der Waals surface area contributed by atoms with Crippen molar-refractivity contribution in [2.24, 2.45) is 11.5 Å². The van der Waals surface area contributed by atoms with E-state index in [9.17, 15) is 5.11 Å². The van der Waals surface area contributed by atoms with Gasteiger partial charge in [0.1, 0.15) is 0 Å². The van der Waals surface area contributed by atoms with Crippen molar-refractivity contribution in [1.82, 2.24) is 0 Å². The molecule has 3 atom stereocenters. The van der Waals surface area contributed by atoms with Gasteiger partial charge in [0.2, 0.25) is 0 Å². The normalized spacial score (nSPS) is 15.4. The van der Waals surface area contributed by atoms with E-state index in [0.29, 0.717) is 12.8 Å². The van der Waals surface area contributed by atoms with Gasteiger partial charge in [-0.3, -0.25) is 0 Å². The molecule has 0 heterocycles. The number of rotatable bonds is 6. The molecular weight excluding hydrogens is 260 g/mol. The Balaban J connectivity index is 1.95. The van der Waals surface area contributed by atoms with Crippen LogP contribution in [0.3, 0.4) is 0 Å². The predicted octanol–water partition coefficient (Wildman–Crippen LogP) is 1.80. The van der Waals surface area contributed by atoms with Crippen LogP contribution in [0.25, 0.3) is 0 Å². The zero-order valence-corrected chi connectivity index (χ0v) is 12.4. The first-order chi connectivity index (χ1) is 10.1. The molecule has 112 valence electrons. The number of aryl methyl sites for hydroxylation is 1. The van der Waals surface area contributed by atoms with Crippen LogP contribution in [0.4, 0.5) is 0 Å². The first-order valence-electron chi connectivity index (χ1n) is 7.35. The van der Waals surface area contributed by atoms with Crippen LogP contribution in [0, 0.1) is 6.92 Å². The highest BCUT2D eigenvalue weighted by Crippen LogP contribution is 2.13. The van der Waals surface area contributed by atoms with Crippen LogP contribution in [-0.4, -0.2) is 23.3 Å². The SMILES string of the molecule is Cc1ccccc1CC(N)C(O)C(N)Cc1ccccc1. The van der Waals surface area contributed by atoms with Crippen LogP contribution in [0.5, 0.6) is 0 Å². The highest BCUT2D eigenvalue weighted by atomic mass is 16.3. The predicted molar refractivity (Wildman–Crippen MR) is 87.0 cm³/mol. The second kappa shape index (κ2) is 7.36. The van der Waals surface area contributed by atoms with E-state index in [4.69, 9.17) is 11.5 Å². The van der Waals surface area contributed by atoms with Gasteiger partial charge in [0.25, 0.3) is 0 Å². The van der Waals surface area contributed by atoms with E-state index in [1.807, 2.05) is 48.5 Å². The highest BCUT2D eigenvalue weighted by Gasteiger charge is 2.23. The lowest BCUT2D eigenvalue weighted by atomic mass is 9.92. The van der Waals surface area contributed by atoms with Crippen LogP contribution in [-0.2, 0) is 12.8 Å². The molecule has 0 saturated carbocycles. The van der Waals surface area contributed by atoms with Crippen molar-refractivity contribution in [3.05, 3.63) is 71.3 Å². The van der Waals surface area contributed by atoms with Gasteiger partial charge in [0.05, 0.1) is 6.10 Å². The number of aliphatic hydroxyl groups is 1. The standard InChI is InChI=1S/C18H24N2O/c1-13-7-5-6-10-15(13)12-17(20)18(21)16(19)11-14-8-3-2-4-9-14/h2-10,16-18,21H,11-12,19-20H2,1H3. The fourth-order valence-corrected chi connectivity index (χ4v) is 2.54. The van der Waals surface area contributed by atoms with Crippen molar-refractivity contribution in [2.45, 2.75) is 38.0 Å². The second-order valence-corrected chi connectivity index (χ2v) is 5.64. The summed E-state index contributed by atoms with van der Waals surface area (Å²) in [6.07, 6.45) is 0.546. The quantitative estimate of drug-likeness (QED) is 0.757. The molecule has 0 aliphatic heterocycles. The fraction of sp³-hybridized carbons (Fsp3) is 0.333. The fourth-order valence-electron chi connectivity index (χ4n) is 2.54. The van der Waals surface area contributed by atoms with Crippen molar-refractivity contribution in [2.75, 3.05) is 0 Å². The van der Waals surface area contributed by atoms with E-state index in [1.165, 1.54) is 5.56 Å². The average Bonchev–Trinajstić information content (AvgIpc) is 2.49. The summed E-state index contributed by atoms with van der Waals surface area (Å²) in [7, 11) is 0. The van der Waals surface area contributed by atoms with Crippen LogP contribution < -0.4 is 11.5 Å². The van der Waals surface area contributed by atoms with Gasteiger partial charge in [0.15, 0.2) is 0 Å². The molecule has 0 fully saturated rings. The first kappa shape index (κ1) is 15.7. The van der Waals surface area contributed by atoms with Gasteiger partial charge >= 0.3 is 0 Å². The Hall–Kier alpha value is -1.68. The summed E-state index contributed by atoms with van der Waals surface area (Å²) in [4.78, 5) is 0. The topological polar surface area (TPSA) is 72.3 Å². The van der Waals surface area contributed by atoms with Crippen molar-refractivity contribution in [3.8, 4) is 0 Å². The van der Waals surface area contributed by atoms with Gasteiger partial charge in [-0.05, 0) is 36.5 Å². The minimum Gasteiger partial charge on any atom is -0.390 e. The summed E-state index contributed by atoms with van der Waals surface area (Å²) in [5.41, 5.74) is 15.7. The maximum atomic E-state index is 10.3. The summed E-state index contributed by atoms with van der Waals surface area (Å²) in [6, 6.07) is 17.3. The Bertz CT molecular complexity index is 556. The van der Waals surface area contributed by atoms with Gasteiger partial charge in [-0.25, -0.2) is 0 Å². The van der Waals surface area contributed by atoms with Gasteiger partial charge < -0.3 is 16.6 Å². The largest absolute Gasteiger partial charge is 0.390 e. The van der Waals surface area contributed by atoms with Gasteiger partial charge in [-0.2, -0.15) is 0 Å². The van der Waals surface area contributed by atoms with Crippen molar-refractivity contribution in [1.29, 1.82) is 0 Å². The monoisotopic (exact) mass is 284 g/mol. The molecule has 3 nitrogen and oxygen atoms in total. The first-order valence-corrected chi connectivity index (χ1v) is 7.35. The molecule has 0 saturated heterocycles. The van der Waals surface area contributed by atoms with E-state index >= 15 is 0 Å². The molecule has 0 amide bonds. The lowest BCUT2D eigenvalue weighted by molar-refractivity contribution is 0.116. The Kier molecular flexibility index (Phi) is 5.51. The molecule has 0 spiro atoms. The third-order valence-electron chi connectivity index (χ3n) is 3.91. The number of benzene rings is 2. The van der Waals surface area contributed by atoms with Gasteiger partial charge in [-0.15, -0.1) is 0 Å². The molecule has 2 rings (SSSR count). The molecule has 0 bridgehead atoms. The molecule has 3 heteroatoms. The highest BCUT2D eigenvalue weighted by molar-refractivity contribution is 5.26. The van der Waals surface area contributed by atoms with Crippen molar-refractivity contribution < 1.29 is 5.11 Å². The molecular formula is C18H24N2O. The molecule has 5 N–H and O–H groups in total. The van der Waals surface area contributed by atoms with E-state index in [-0.39, 0.29) is 12.1 Å². The minimum atomic E-state index is -0.718. The molecule has 3 unspecified atom stereocenters. The molecule has 0 aliphatic rings. The van der Waals surface area contributed by atoms with Gasteiger partial charge in [0, 0.05) is 12.1 Å². The third-order valence-corrected chi connectivity index (χ3v) is 3.91. The van der Waals surface area contributed by atoms with Gasteiger partial charge in [-0.1, -0.05) is 54.6 Å². The van der Waals surface area contributed by atoms with E-state index < -0.39 is 6.10 Å². The second-order valence-electron chi connectivity index (χ2n) is 5.64. The maximum Gasteiger partial charge on any atom is 0.0848 e. The summed E-state index contributed by atoms with van der Waals surface area (Å²) in [5, 5.41) is 10.3. The van der Waals surface area contributed by atoms with E-state index in [1.54, 1.807) is 0 Å². The molecule has 0 aromatic heterocycles. The van der Waals surface area contributed by atoms with Crippen LogP contribution in [0.2, 0.25) is 0 Å². The summed E-state index contributed by atoms with van der Waals surface area (Å²) in [5.74, 6) is 0. The summed E-state index contributed by atoms with van der Waals surface area (Å²) in [6.45, 7) is 2.05. The van der Waals surface area contributed by atoms with Crippen molar-refractivity contribution >= 4 is 0 Å². The minimum absolute atomic E-state index is 0.355. The van der Waals surface area contributed by atoms with Crippen molar-refractivity contribution in [3.63, 3.8) is 0 Å². The lowest BCUT2D eigenvalue weighted by Gasteiger charge is -2.25. The van der Waals surface area contributed by atoms with Crippen LogP contribution in [0.1, 0.15) is 16.7 Å². The van der Waals surface area contributed by atoms with E-state index in [2.05, 4.69) is 13.0 Å². The molecule has 0 radical (unpaired) electrons. The Labute approximate surface area is 126 Å². The summed E-state index contributed by atoms with van der Waals surface area (Å²) < 4.78 is 0. The Morgan fingerprint density at radius 2 is 1.43 bits per heavy atom. The summed E-state index contributed by atoms with van der Waals surface area (Å²) >= 11 is 0. The zero-order valence-electron chi connectivity index (χ0n) is 12.4. The number of nitrogens with two attached hydrogens (primary N) is 2. The van der Waals surface area contributed by atoms with Crippen LogP contribution >= 0.6 is 0 Å². The Morgan fingerprint density at radius 3 is 2.10 bits per heavy atom. The van der Waals surface area contributed by atoms with Crippen LogP contribution in [0.15, 0.2) is 54.6 Å². The lowest BCUT2D eigenvalue weighted by Crippen LogP contribution is -2.49. The van der Waals surface area contributed by atoms with E-state index in [0.717, 1.165) is 11.1 Å². The number of hydrogen-bond acceptors (Lipinski definition) is 3. The molecule has 0 aliphatic carbocycles. The average molecular weight is 284 g/mol. The molecule has 21 heavy (non-hydrogen) atoms. The smallest absolute Gasteiger partial charge is 0.0848 e. The molecule has 2 aromatic rings. The number of aliphatic hydroxyl groups excluding tert-OH is 1. The maximum absolute atomic E-state index is 10.3. The third kappa shape index (κ3) is 4.39. The Morgan fingerprint density at radius 1 is 0.857 bits per heavy atom. The zero-order chi connectivity index (χ0) is 15.2.